The van der Waals surface area contributed by atoms with Gasteiger partial charge in [-0.2, -0.15) is 0 Å². The molecule has 2 nitrogen and oxygen atoms in total. The highest BCUT2D eigenvalue weighted by Gasteiger charge is 2.12. The second kappa shape index (κ2) is 4.06. The van der Waals surface area contributed by atoms with Gasteiger partial charge in [0.2, 0.25) is 0 Å². The number of carbonyl (C=O) groups is 1. The number of halogens is 1. The number of rotatable bonds is 2. The van der Waals surface area contributed by atoms with Crippen molar-refractivity contribution in [3.8, 4) is 11.1 Å². The van der Waals surface area contributed by atoms with Gasteiger partial charge in [0.05, 0.1) is 5.56 Å². The Morgan fingerprint density at radius 2 is 2.06 bits per heavy atom. The highest BCUT2D eigenvalue weighted by molar-refractivity contribution is 7.10. The Balaban J connectivity index is 2.60. The van der Waals surface area contributed by atoms with Gasteiger partial charge in [-0.1, -0.05) is 0 Å². The van der Waals surface area contributed by atoms with Crippen LogP contribution in [0, 0.1) is 12.7 Å². The van der Waals surface area contributed by atoms with Gasteiger partial charge < -0.3 is 5.11 Å². The Hall–Kier alpha value is -1.68. The number of carboxylic acid groups (broad SMARTS) is 1. The van der Waals surface area contributed by atoms with Gasteiger partial charge in [0, 0.05) is 10.4 Å². The fraction of sp³-hybridized carbons (Fsp3) is 0.0833. The molecule has 0 aliphatic heterocycles. The van der Waals surface area contributed by atoms with Crippen LogP contribution in [0.4, 0.5) is 4.39 Å². The minimum atomic E-state index is -1.05. The topological polar surface area (TPSA) is 37.3 Å². The number of benzene rings is 1. The number of hydrogen-bond donors (Lipinski definition) is 1. The van der Waals surface area contributed by atoms with E-state index in [1.165, 1.54) is 29.5 Å². The van der Waals surface area contributed by atoms with Gasteiger partial charge in [-0.25, -0.2) is 9.18 Å². The van der Waals surface area contributed by atoms with Crippen LogP contribution in [0.1, 0.15) is 15.2 Å². The molecule has 1 aromatic heterocycles. The predicted molar refractivity (Wildman–Crippen MR) is 61.4 cm³/mol. The Labute approximate surface area is 96.0 Å². The van der Waals surface area contributed by atoms with Crippen LogP contribution in [-0.4, -0.2) is 11.1 Å². The van der Waals surface area contributed by atoms with Gasteiger partial charge in [0.1, 0.15) is 5.82 Å². The second-order valence-electron chi connectivity index (χ2n) is 3.39. The summed E-state index contributed by atoms with van der Waals surface area (Å²) in [6, 6.07) is 5.62. The molecule has 0 radical (unpaired) electrons. The van der Waals surface area contributed by atoms with E-state index in [9.17, 15) is 9.18 Å². The number of thiophene rings is 1. The van der Waals surface area contributed by atoms with Gasteiger partial charge in [0.15, 0.2) is 0 Å². The molecule has 2 rings (SSSR count). The highest BCUT2D eigenvalue weighted by Crippen LogP contribution is 2.30. The molecule has 1 heterocycles. The first-order valence-corrected chi connectivity index (χ1v) is 5.55. The number of hydrogen-bond acceptors (Lipinski definition) is 2. The summed E-state index contributed by atoms with van der Waals surface area (Å²) < 4.78 is 13.6. The molecule has 0 spiro atoms. The van der Waals surface area contributed by atoms with Gasteiger partial charge in [-0.3, -0.25) is 0 Å². The molecule has 82 valence electrons. The standard InChI is InChI=1S/C12H9FO2S/c1-7-9(4-5-16-7)10-6-8(12(14)15)2-3-11(10)13/h2-6H,1H3,(H,14,15). The Morgan fingerprint density at radius 1 is 1.31 bits per heavy atom. The smallest absolute Gasteiger partial charge is 0.335 e. The Morgan fingerprint density at radius 3 is 2.62 bits per heavy atom. The van der Waals surface area contributed by atoms with Crippen molar-refractivity contribution in [1.29, 1.82) is 0 Å². The van der Waals surface area contributed by atoms with Crippen molar-refractivity contribution in [2.45, 2.75) is 6.92 Å². The Kier molecular flexibility index (Phi) is 2.75. The van der Waals surface area contributed by atoms with Crippen LogP contribution >= 0.6 is 11.3 Å². The zero-order valence-corrected chi connectivity index (χ0v) is 9.34. The lowest BCUT2D eigenvalue weighted by Gasteiger charge is -2.04. The number of aromatic carboxylic acids is 1. The first-order valence-electron chi connectivity index (χ1n) is 4.67. The van der Waals surface area contributed by atoms with E-state index in [0.29, 0.717) is 5.56 Å². The van der Waals surface area contributed by atoms with Crippen LogP contribution in [0.3, 0.4) is 0 Å². The van der Waals surface area contributed by atoms with Crippen molar-refractivity contribution >= 4 is 17.3 Å². The monoisotopic (exact) mass is 236 g/mol. The molecule has 16 heavy (non-hydrogen) atoms. The molecule has 0 aliphatic rings. The van der Waals surface area contributed by atoms with E-state index in [-0.39, 0.29) is 5.56 Å². The van der Waals surface area contributed by atoms with E-state index < -0.39 is 11.8 Å². The van der Waals surface area contributed by atoms with Crippen LogP contribution in [0.2, 0.25) is 0 Å². The van der Waals surface area contributed by atoms with Gasteiger partial charge in [-0.05, 0) is 42.1 Å². The molecule has 0 unspecified atom stereocenters. The minimum Gasteiger partial charge on any atom is -0.478 e. The summed E-state index contributed by atoms with van der Waals surface area (Å²) in [7, 11) is 0. The lowest BCUT2D eigenvalue weighted by Crippen LogP contribution is -1.97. The van der Waals surface area contributed by atoms with Gasteiger partial charge in [-0.15, -0.1) is 11.3 Å². The van der Waals surface area contributed by atoms with Crippen LogP contribution in [-0.2, 0) is 0 Å². The molecule has 4 heteroatoms. The largest absolute Gasteiger partial charge is 0.478 e. The zero-order valence-electron chi connectivity index (χ0n) is 8.53. The molecule has 2 aromatic rings. The van der Waals surface area contributed by atoms with Crippen LogP contribution in [0.15, 0.2) is 29.6 Å². The lowest BCUT2D eigenvalue weighted by molar-refractivity contribution is 0.0697. The SMILES string of the molecule is Cc1sccc1-c1cc(C(=O)O)ccc1F. The number of aryl methyl sites for hydroxylation is 1. The average molecular weight is 236 g/mol. The quantitative estimate of drug-likeness (QED) is 0.865. The normalized spacial score (nSPS) is 10.4. The maximum Gasteiger partial charge on any atom is 0.335 e. The molecule has 0 bridgehead atoms. The summed E-state index contributed by atoms with van der Waals surface area (Å²) >= 11 is 1.51. The first-order chi connectivity index (χ1) is 7.59. The third kappa shape index (κ3) is 1.84. The fourth-order valence-corrected chi connectivity index (χ4v) is 2.24. The molecule has 0 saturated carbocycles. The molecule has 0 amide bonds. The molecule has 0 atom stereocenters. The van der Waals surface area contributed by atoms with Crippen molar-refractivity contribution in [2.24, 2.45) is 0 Å². The van der Waals surface area contributed by atoms with Crippen molar-refractivity contribution in [1.82, 2.24) is 0 Å². The molecule has 0 fully saturated rings. The van der Waals surface area contributed by atoms with Crippen molar-refractivity contribution < 1.29 is 14.3 Å². The number of carboxylic acids is 1. The van der Waals surface area contributed by atoms with E-state index in [0.717, 1.165) is 10.4 Å². The molecular formula is C12H9FO2S. The average Bonchev–Trinajstić information content (AvgIpc) is 2.65. The molecule has 1 aromatic carbocycles. The maximum absolute atomic E-state index is 13.6. The molecule has 0 aliphatic carbocycles. The summed E-state index contributed by atoms with van der Waals surface area (Å²) in [4.78, 5) is 11.8. The van der Waals surface area contributed by atoms with Gasteiger partial charge in [0.25, 0.3) is 0 Å². The molecular weight excluding hydrogens is 227 g/mol. The van der Waals surface area contributed by atoms with E-state index in [1.54, 1.807) is 6.07 Å². The third-order valence-electron chi connectivity index (χ3n) is 2.36. The van der Waals surface area contributed by atoms with Crippen LogP contribution in [0.25, 0.3) is 11.1 Å². The summed E-state index contributed by atoms with van der Waals surface area (Å²) in [6.07, 6.45) is 0. The van der Waals surface area contributed by atoms with Crippen LogP contribution in [0.5, 0.6) is 0 Å². The molecule has 1 N–H and O–H groups in total. The zero-order chi connectivity index (χ0) is 11.7. The van der Waals surface area contributed by atoms with E-state index >= 15 is 0 Å². The predicted octanol–water partition coefficient (Wildman–Crippen LogP) is 3.56. The highest BCUT2D eigenvalue weighted by atomic mass is 32.1. The van der Waals surface area contributed by atoms with E-state index in [2.05, 4.69) is 0 Å². The van der Waals surface area contributed by atoms with Crippen molar-refractivity contribution in [2.75, 3.05) is 0 Å². The van der Waals surface area contributed by atoms with Crippen molar-refractivity contribution in [3.63, 3.8) is 0 Å². The summed E-state index contributed by atoms with van der Waals surface area (Å²) in [5, 5.41) is 10.7. The van der Waals surface area contributed by atoms with Crippen molar-refractivity contribution in [3.05, 3.63) is 45.9 Å². The lowest BCUT2D eigenvalue weighted by atomic mass is 10.0. The fourth-order valence-electron chi connectivity index (χ4n) is 1.53. The molecule has 0 saturated heterocycles. The summed E-state index contributed by atoms with van der Waals surface area (Å²) in [5.74, 6) is -1.44. The third-order valence-corrected chi connectivity index (χ3v) is 3.21. The van der Waals surface area contributed by atoms with Gasteiger partial charge >= 0.3 is 5.97 Å². The van der Waals surface area contributed by atoms with E-state index in [1.807, 2.05) is 12.3 Å². The summed E-state index contributed by atoms with van der Waals surface area (Å²) in [6.45, 7) is 1.88. The second-order valence-corrected chi connectivity index (χ2v) is 4.51. The first kappa shape index (κ1) is 10.8. The Bertz CT molecular complexity index is 546. The maximum atomic E-state index is 13.6. The van der Waals surface area contributed by atoms with E-state index in [4.69, 9.17) is 5.11 Å². The van der Waals surface area contributed by atoms with Crippen LogP contribution < -0.4 is 0 Å². The summed E-state index contributed by atoms with van der Waals surface area (Å²) in [5.41, 5.74) is 1.20. The minimum absolute atomic E-state index is 0.0991.